The average molecular weight is 597 g/mol. The summed E-state index contributed by atoms with van der Waals surface area (Å²) >= 11 is 12.7. The molecule has 0 saturated carbocycles. The number of fused-ring (bicyclic) bond motifs is 6. The molecule has 42 heavy (non-hydrogen) atoms. The fourth-order valence-electron chi connectivity index (χ4n) is 6.03. The molecule has 0 aliphatic carbocycles. The minimum atomic E-state index is 0.659. The summed E-state index contributed by atoms with van der Waals surface area (Å²) in [6.45, 7) is 0. The summed E-state index contributed by atoms with van der Waals surface area (Å²) in [6.07, 6.45) is 0. The predicted octanol–water partition coefficient (Wildman–Crippen LogP) is 9.63. The molecule has 0 aliphatic heterocycles. The van der Waals surface area contributed by atoms with Crippen molar-refractivity contribution in [2.24, 2.45) is 0 Å². The van der Waals surface area contributed by atoms with E-state index in [9.17, 15) is 0 Å². The van der Waals surface area contributed by atoms with Gasteiger partial charge in [-0.1, -0.05) is 47.5 Å². The van der Waals surface area contributed by atoms with E-state index in [1.165, 1.54) is 0 Å². The first-order valence-electron chi connectivity index (χ1n) is 13.3. The number of halogens is 2. The summed E-state index contributed by atoms with van der Waals surface area (Å²) in [5.41, 5.74) is 7.64. The molecule has 0 atom stereocenters. The van der Waals surface area contributed by atoms with Crippen LogP contribution in [0.3, 0.4) is 0 Å². The Morgan fingerprint density at radius 2 is 0.881 bits per heavy atom. The minimum absolute atomic E-state index is 0.659. The first kappa shape index (κ1) is 26.4. The highest BCUT2D eigenvalue weighted by molar-refractivity contribution is 6.34. The SMILES string of the molecule is COc1cc(OC)c2c(c1)[nH]c1c(-c3ccc(Cl)cc3)c3[nH]c4cc(OC)cc(OC)c4c3c(-c3ccc(Cl)cc3)c12. The molecule has 6 nitrogen and oxygen atoms in total. The summed E-state index contributed by atoms with van der Waals surface area (Å²) < 4.78 is 23.2. The van der Waals surface area contributed by atoms with Gasteiger partial charge < -0.3 is 28.9 Å². The first-order chi connectivity index (χ1) is 20.4. The number of nitrogens with one attached hydrogen (secondary N) is 2. The number of hydrogen-bond donors (Lipinski definition) is 2. The summed E-state index contributed by atoms with van der Waals surface area (Å²) in [7, 11) is 6.65. The van der Waals surface area contributed by atoms with Crippen molar-refractivity contribution < 1.29 is 18.9 Å². The third kappa shape index (κ3) is 3.94. The van der Waals surface area contributed by atoms with Gasteiger partial charge >= 0.3 is 0 Å². The number of hydrogen-bond acceptors (Lipinski definition) is 4. The molecule has 7 rings (SSSR count). The fraction of sp³-hybridized carbons (Fsp3) is 0.118. The van der Waals surface area contributed by atoms with Crippen LogP contribution in [0.15, 0.2) is 72.8 Å². The normalized spacial score (nSPS) is 11.6. The number of aromatic amines is 2. The van der Waals surface area contributed by atoms with Crippen LogP contribution >= 0.6 is 23.2 Å². The molecule has 8 heteroatoms. The summed E-state index contributed by atoms with van der Waals surface area (Å²) in [5.74, 6) is 2.77. The summed E-state index contributed by atoms with van der Waals surface area (Å²) in [6, 6.07) is 23.6. The molecule has 0 saturated heterocycles. The monoisotopic (exact) mass is 596 g/mol. The van der Waals surface area contributed by atoms with Crippen molar-refractivity contribution in [2.75, 3.05) is 28.4 Å². The van der Waals surface area contributed by atoms with E-state index in [-0.39, 0.29) is 0 Å². The topological polar surface area (TPSA) is 68.5 Å². The van der Waals surface area contributed by atoms with Gasteiger partial charge in [0.25, 0.3) is 0 Å². The van der Waals surface area contributed by atoms with E-state index in [1.54, 1.807) is 28.4 Å². The molecule has 0 fully saturated rings. The highest BCUT2D eigenvalue weighted by atomic mass is 35.5. The predicted molar refractivity (Wildman–Crippen MR) is 172 cm³/mol. The van der Waals surface area contributed by atoms with E-state index in [4.69, 9.17) is 42.1 Å². The molecule has 0 bridgehead atoms. The summed E-state index contributed by atoms with van der Waals surface area (Å²) in [5, 5.41) is 5.21. The van der Waals surface area contributed by atoms with E-state index in [2.05, 4.69) is 9.97 Å². The van der Waals surface area contributed by atoms with Crippen LogP contribution in [0.25, 0.3) is 65.9 Å². The standard InChI is InChI=1S/C34H26Cl2N2O4/c1-39-21-13-23-29(25(15-21)41-3)31-27(17-5-9-19(35)10-6-17)32-30-24(14-22(40-2)16-26(30)42-4)38-34(32)28(33(31)37-23)18-7-11-20(36)12-8-18/h5-16,37-38H,1-4H3. The number of benzene rings is 5. The molecule has 2 aromatic heterocycles. The van der Waals surface area contributed by atoms with E-state index < -0.39 is 0 Å². The Morgan fingerprint density at radius 1 is 0.476 bits per heavy atom. The number of aromatic nitrogens is 2. The van der Waals surface area contributed by atoms with E-state index >= 15 is 0 Å². The molecule has 2 heterocycles. The minimum Gasteiger partial charge on any atom is -0.497 e. The second-order valence-electron chi connectivity index (χ2n) is 10.0. The molecule has 210 valence electrons. The molecular weight excluding hydrogens is 571 g/mol. The smallest absolute Gasteiger partial charge is 0.132 e. The van der Waals surface area contributed by atoms with Gasteiger partial charge in [-0.05, 0) is 35.4 Å². The molecule has 7 aromatic rings. The molecule has 0 amide bonds. The van der Waals surface area contributed by atoms with Crippen molar-refractivity contribution in [2.45, 2.75) is 0 Å². The van der Waals surface area contributed by atoms with Crippen LogP contribution in [0, 0.1) is 0 Å². The average Bonchev–Trinajstić information content (AvgIpc) is 3.58. The van der Waals surface area contributed by atoms with Crippen LogP contribution in [0.2, 0.25) is 10.0 Å². The Bertz CT molecular complexity index is 2040. The Labute approximate surface area is 251 Å². The largest absolute Gasteiger partial charge is 0.497 e. The van der Waals surface area contributed by atoms with Gasteiger partial charge in [0.15, 0.2) is 0 Å². The highest BCUT2D eigenvalue weighted by Crippen LogP contribution is 2.52. The van der Waals surface area contributed by atoms with Gasteiger partial charge in [-0.25, -0.2) is 0 Å². The third-order valence-corrected chi connectivity index (χ3v) is 8.35. The second kappa shape index (κ2) is 10.1. The Kier molecular flexibility index (Phi) is 6.34. The fourth-order valence-corrected chi connectivity index (χ4v) is 6.28. The molecule has 0 spiro atoms. The zero-order chi connectivity index (χ0) is 29.1. The number of H-pyrrole nitrogens is 2. The van der Waals surface area contributed by atoms with Crippen LogP contribution in [-0.2, 0) is 0 Å². The van der Waals surface area contributed by atoms with Crippen LogP contribution in [-0.4, -0.2) is 38.4 Å². The Hall–Kier alpha value is -4.52. The van der Waals surface area contributed by atoms with Gasteiger partial charge in [-0.15, -0.1) is 0 Å². The number of methoxy groups -OCH3 is 4. The van der Waals surface area contributed by atoms with Crippen LogP contribution in [0.4, 0.5) is 0 Å². The zero-order valence-electron chi connectivity index (χ0n) is 23.3. The molecule has 0 unspecified atom stereocenters. The second-order valence-corrected chi connectivity index (χ2v) is 10.9. The van der Waals surface area contributed by atoms with Gasteiger partial charge in [-0.3, -0.25) is 0 Å². The molecule has 0 aliphatic rings. The maximum absolute atomic E-state index is 6.37. The zero-order valence-corrected chi connectivity index (χ0v) is 24.8. The van der Waals surface area contributed by atoms with Crippen LogP contribution in [0.1, 0.15) is 0 Å². The van der Waals surface area contributed by atoms with E-state index in [0.29, 0.717) is 33.0 Å². The lowest BCUT2D eigenvalue weighted by molar-refractivity contribution is 0.398. The van der Waals surface area contributed by atoms with Gasteiger partial charge in [0, 0.05) is 56.2 Å². The summed E-state index contributed by atoms with van der Waals surface area (Å²) in [4.78, 5) is 7.45. The number of rotatable bonds is 6. The van der Waals surface area contributed by atoms with E-state index in [0.717, 1.165) is 65.9 Å². The molecule has 0 radical (unpaired) electrons. The van der Waals surface area contributed by atoms with Crippen molar-refractivity contribution in [1.29, 1.82) is 0 Å². The maximum Gasteiger partial charge on any atom is 0.132 e. The number of ether oxygens (including phenoxy) is 4. The highest BCUT2D eigenvalue weighted by Gasteiger charge is 2.27. The van der Waals surface area contributed by atoms with Crippen molar-refractivity contribution in [3.63, 3.8) is 0 Å². The van der Waals surface area contributed by atoms with Crippen LogP contribution in [0.5, 0.6) is 23.0 Å². The van der Waals surface area contributed by atoms with Gasteiger partial charge in [0.1, 0.15) is 23.0 Å². The molecule has 2 N–H and O–H groups in total. The van der Waals surface area contributed by atoms with Gasteiger partial charge in [-0.2, -0.15) is 0 Å². The van der Waals surface area contributed by atoms with Gasteiger partial charge in [0.05, 0.1) is 61.3 Å². The van der Waals surface area contributed by atoms with Crippen molar-refractivity contribution in [1.82, 2.24) is 9.97 Å². The third-order valence-electron chi connectivity index (χ3n) is 7.85. The first-order valence-corrected chi connectivity index (χ1v) is 14.0. The molecule has 5 aromatic carbocycles. The Balaban J connectivity index is 1.82. The lowest BCUT2D eigenvalue weighted by Crippen LogP contribution is -1.91. The quantitative estimate of drug-likeness (QED) is 0.200. The van der Waals surface area contributed by atoms with Crippen molar-refractivity contribution in [3.8, 4) is 45.3 Å². The lowest BCUT2D eigenvalue weighted by Gasteiger charge is -2.15. The van der Waals surface area contributed by atoms with E-state index in [1.807, 2.05) is 72.8 Å². The maximum atomic E-state index is 6.37. The van der Waals surface area contributed by atoms with Crippen LogP contribution < -0.4 is 18.9 Å². The lowest BCUT2D eigenvalue weighted by atomic mass is 9.89. The van der Waals surface area contributed by atoms with Gasteiger partial charge in [0.2, 0.25) is 0 Å². The molecular formula is C34H26Cl2N2O4. The van der Waals surface area contributed by atoms with Crippen molar-refractivity contribution >= 4 is 66.8 Å². The van der Waals surface area contributed by atoms with Crippen molar-refractivity contribution in [3.05, 3.63) is 82.8 Å². The Morgan fingerprint density at radius 3 is 1.26 bits per heavy atom.